The molecule has 5 aromatic rings. The highest BCUT2D eigenvalue weighted by atomic mass is 16.2. The number of H-pyrrole nitrogens is 1. The molecule has 11 nitrogen and oxygen atoms in total. The van der Waals surface area contributed by atoms with Crippen LogP contribution in [0.25, 0.3) is 38.9 Å². The molecule has 2 N–H and O–H groups in total. The molecule has 0 amide bonds. The minimum atomic E-state index is -0.688. The number of aromatic nitrogens is 6. The predicted octanol–water partition coefficient (Wildman–Crippen LogP) is 2.29. The summed E-state index contributed by atoms with van der Waals surface area (Å²) in [5.41, 5.74) is 2.10. The van der Waals surface area contributed by atoms with Gasteiger partial charge in [0.25, 0.3) is 5.56 Å². The van der Waals surface area contributed by atoms with E-state index in [4.69, 9.17) is 4.98 Å². The number of hydrogen-bond acceptors (Lipinski definition) is 9. The molecule has 39 heavy (non-hydrogen) atoms. The van der Waals surface area contributed by atoms with Crippen LogP contribution in [-0.2, 0) is 5.41 Å². The average molecular weight is 520 g/mol. The second-order valence-corrected chi connectivity index (χ2v) is 9.97. The molecule has 0 bridgehead atoms. The van der Waals surface area contributed by atoms with Crippen molar-refractivity contribution >= 4 is 27.9 Å². The Labute approximate surface area is 222 Å². The normalized spacial score (nSPS) is 14.0. The molecule has 6 rings (SSSR count). The van der Waals surface area contributed by atoms with Gasteiger partial charge in [0.15, 0.2) is 0 Å². The molecule has 1 fully saturated rings. The number of anilines is 1. The molecule has 194 valence electrons. The fourth-order valence-corrected chi connectivity index (χ4v) is 4.75. The van der Waals surface area contributed by atoms with Crippen molar-refractivity contribution < 1.29 is 0 Å². The van der Waals surface area contributed by atoms with Crippen molar-refractivity contribution in [2.24, 2.45) is 0 Å². The van der Waals surface area contributed by atoms with Crippen molar-refractivity contribution in [2.45, 2.75) is 19.3 Å². The molecule has 5 heterocycles. The lowest BCUT2D eigenvalue weighted by atomic mass is 9.86. The summed E-state index contributed by atoms with van der Waals surface area (Å²) in [6.45, 7) is 7.11. The monoisotopic (exact) mass is 519 g/mol. The molecular formula is C28H25N9O2. The van der Waals surface area contributed by atoms with E-state index in [-0.39, 0.29) is 5.39 Å². The number of aromatic amines is 1. The number of nitrogens with one attached hydrogen (secondary N) is 2. The lowest BCUT2D eigenvalue weighted by Gasteiger charge is -2.27. The molecule has 11 heteroatoms. The third-order valence-corrected chi connectivity index (χ3v) is 7.04. The van der Waals surface area contributed by atoms with Crippen molar-refractivity contribution in [1.82, 2.24) is 34.8 Å². The van der Waals surface area contributed by atoms with Crippen LogP contribution >= 0.6 is 0 Å². The van der Waals surface area contributed by atoms with Crippen LogP contribution < -0.4 is 21.5 Å². The van der Waals surface area contributed by atoms with Crippen LogP contribution in [0.15, 0.2) is 64.6 Å². The summed E-state index contributed by atoms with van der Waals surface area (Å²) in [7, 11) is 0. The lowest BCUT2D eigenvalue weighted by molar-refractivity contribution is 0.580. The van der Waals surface area contributed by atoms with E-state index in [0.29, 0.717) is 39.4 Å². The Bertz CT molecular complexity index is 1860. The number of hydrogen-bond donors (Lipinski definition) is 2. The van der Waals surface area contributed by atoms with Gasteiger partial charge < -0.3 is 10.2 Å². The minimum Gasteiger partial charge on any atom is -0.338 e. The predicted molar refractivity (Wildman–Crippen MR) is 148 cm³/mol. The number of nitriles is 1. The SMILES string of the molecule is CC(C)(C#N)c1ccc(-n2c(=O)[nH]c(=O)c3cnc4ccc(-c5cnc(N6CCNCC6)nc5)nc4c32)cc1. The van der Waals surface area contributed by atoms with E-state index >= 15 is 0 Å². The number of fused-ring (bicyclic) bond motifs is 3. The Kier molecular flexibility index (Phi) is 5.89. The summed E-state index contributed by atoms with van der Waals surface area (Å²) in [6.07, 6.45) is 4.91. The van der Waals surface area contributed by atoms with E-state index in [2.05, 4.69) is 36.2 Å². The summed E-state index contributed by atoms with van der Waals surface area (Å²) in [5.74, 6) is 0.663. The zero-order valence-electron chi connectivity index (χ0n) is 21.5. The number of pyridine rings is 2. The zero-order valence-corrected chi connectivity index (χ0v) is 21.5. The van der Waals surface area contributed by atoms with Crippen LogP contribution in [0.2, 0.25) is 0 Å². The fourth-order valence-electron chi connectivity index (χ4n) is 4.75. The zero-order chi connectivity index (χ0) is 27.1. The van der Waals surface area contributed by atoms with Crippen molar-refractivity contribution in [3.05, 3.63) is 81.4 Å². The summed E-state index contributed by atoms with van der Waals surface area (Å²) in [4.78, 5) is 48.8. The van der Waals surface area contributed by atoms with Crippen LogP contribution in [0.5, 0.6) is 0 Å². The topological polar surface area (TPSA) is 145 Å². The van der Waals surface area contributed by atoms with Gasteiger partial charge in [-0.2, -0.15) is 5.26 Å². The summed E-state index contributed by atoms with van der Waals surface area (Å²) < 4.78 is 1.42. The minimum absolute atomic E-state index is 0.235. The van der Waals surface area contributed by atoms with E-state index in [0.717, 1.165) is 31.7 Å². The Morgan fingerprint density at radius 3 is 2.36 bits per heavy atom. The van der Waals surface area contributed by atoms with Gasteiger partial charge in [-0.15, -0.1) is 0 Å². The largest absolute Gasteiger partial charge is 0.338 e. The van der Waals surface area contributed by atoms with E-state index in [9.17, 15) is 14.9 Å². The lowest BCUT2D eigenvalue weighted by Crippen LogP contribution is -2.44. The standard InChI is InChI=1S/C28H25N9O2/c1-28(2,16-29)18-3-5-19(6-4-18)37-24-20(25(38)35-27(37)39)15-31-22-8-7-21(34-23(22)24)17-13-32-26(33-14-17)36-11-9-30-10-12-36/h3-8,13-15,30H,9-12H2,1-2H3,(H,35,38,39). The maximum atomic E-state index is 13.2. The van der Waals surface area contributed by atoms with E-state index in [1.165, 1.54) is 10.8 Å². The first kappa shape index (κ1) is 24.4. The van der Waals surface area contributed by atoms with Crippen molar-refractivity contribution in [3.8, 4) is 23.0 Å². The molecule has 0 aliphatic carbocycles. The highest BCUT2D eigenvalue weighted by Crippen LogP contribution is 2.27. The van der Waals surface area contributed by atoms with Crippen LogP contribution in [0.4, 0.5) is 5.95 Å². The second kappa shape index (κ2) is 9.41. The summed E-state index contributed by atoms with van der Waals surface area (Å²) >= 11 is 0. The maximum absolute atomic E-state index is 13.2. The van der Waals surface area contributed by atoms with Gasteiger partial charge >= 0.3 is 5.69 Å². The molecule has 0 radical (unpaired) electrons. The Balaban J connectivity index is 1.51. The number of benzene rings is 1. The Morgan fingerprint density at radius 1 is 0.949 bits per heavy atom. The van der Waals surface area contributed by atoms with Gasteiger partial charge in [-0.25, -0.2) is 19.7 Å². The van der Waals surface area contributed by atoms with Gasteiger partial charge in [-0.05, 0) is 43.7 Å². The van der Waals surface area contributed by atoms with Crippen molar-refractivity contribution in [2.75, 3.05) is 31.1 Å². The fraction of sp³-hybridized carbons (Fsp3) is 0.250. The molecule has 1 aromatic carbocycles. The Morgan fingerprint density at radius 2 is 1.67 bits per heavy atom. The first-order valence-electron chi connectivity index (χ1n) is 12.6. The van der Waals surface area contributed by atoms with Crippen LogP contribution in [0.1, 0.15) is 19.4 Å². The van der Waals surface area contributed by atoms with E-state index in [1.54, 1.807) is 30.6 Å². The van der Waals surface area contributed by atoms with E-state index in [1.807, 2.05) is 32.0 Å². The quantitative estimate of drug-likeness (QED) is 0.342. The van der Waals surface area contributed by atoms with Gasteiger partial charge in [0.2, 0.25) is 5.95 Å². The number of piperazine rings is 1. The third-order valence-electron chi connectivity index (χ3n) is 7.04. The van der Waals surface area contributed by atoms with Crippen molar-refractivity contribution in [1.29, 1.82) is 5.26 Å². The van der Waals surface area contributed by atoms with Crippen LogP contribution in [-0.4, -0.2) is 55.7 Å². The smallest absolute Gasteiger partial charge is 0.333 e. The molecule has 1 saturated heterocycles. The molecule has 1 aliphatic heterocycles. The molecule has 4 aromatic heterocycles. The van der Waals surface area contributed by atoms with Crippen LogP contribution in [0, 0.1) is 11.3 Å². The van der Waals surface area contributed by atoms with Crippen LogP contribution in [0.3, 0.4) is 0 Å². The van der Waals surface area contributed by atoms with Crippen molar-refractivity contribution in [3.63, 3.8) is 0 Å². The van der Waals surface area contributed by atoms with Gasteiger partial charge in [-0.1, -0.05) is 12.1 Å². The summed E-state index contributed by atoms with van der Waals surface area (Å²) in [6, 6.07) is 13.0. The highest BCUT2D eigenvalue weighted by molar-refractivity contribution is 6.01. The van der Waals surface area contributed by atoms with Gasteiger partial charge in [0, 0.05) is 50.3 Å². The first-order valence-corrected chi connectivity index (χ1v) is 12.6. The summed E-state index contributed by atoms with van der Waals surface area (Å²) in [5, 5.41) is 13.0. The Hall–Kier alpha value is -4.95. The number of nitrogens with zero attached hydrogens (tertiary/aromatic N) is 7. The van der Waals surface area contributed by atoms with E-state index < -0.39 is 16.7 Å². The average Bonchev–Trinajstić information content (AvgIpc) is 2.97. The number of rotatable bonds is 4. The molecule has 0 spiro atoms. The molecule has 0 unspecified atom stereocenters. The van der Waals surface area contributed by atoms with Gasteiger partial charge in [-0.3, -0.25) is 19.3 Å². The maximum Gasteiger partial charge on any atom is 0.333 e. The molecule has 1 aliphatic rings. The molecular weight excluding hydrogens is 494 g/mol. The highest BCUT2D eigenvalue weighted by Gasteiger charge is 2.21. The first-order chi connectivity index (χ1) is 18.9. The van der Waals surface area contributed by atoms with Gasteiger partial charge in [0.1, 0.15) is 5.52 Å². The molecule has 0 saturated carbocycles. The molecule has 0 atom stereocenters. The second-order valence-electron chi connectivity index (χ2n) is 9.97. The van der Waals surface area contributed by atoms with Gasteiger partial charge in [0.05, 0.1) is 39.3 Å². The third kappa shape index (κ3) is 4.30.